The molecular weight excluding hydrogens is 334 g/mol. The van der Waals surface area contributed by atoms with Crippen molar-refractivity contribution in [2.24, 2.45) is 5.92 Å². The lowest BCUT2D eigenvalue weighted by Gasteiger charge is -2.30. The smallest absolute Gasteiger partial charge is 0.243 e. The van der Waals surface area contributed by atoms with E-state index < -0.39 is 10.0 Å². The Morgan fingerprint density at radius 3 is 2.16 bits per heavy atom. The zero-order valence-electron chi connectivity index (χ0n) is 14.4. The molecule has 3 rings (SSSR count). The Morgan fingerprint density at radius 2 is 1.60 bits per heavy atom. The lowest BCUT2D eigenvalue weighted by Crippen LogP contribution is -2.40. The summed E-state index contributed by atoms with van der Waals surface area (Å²) in [5.74, 6) is 0.0151. The molecule has 0 spiro atoms. The molecule has 1 aliphatic heterocycles. The molecule has 132 valence electrons. The maximum absolute atomic E-state index is 12.8. The van der Waals surface area contributed by atoms with E-state index in [1.807, 2.05) is 49.4 Å². The molecule has 0 N–H and O–H groups in total. The van der Waals surface area contributed by atoms with Crippen molar-refractivity contribution in [1.82, 2.24) is 4.31 Å². The van der Waals surface area contributed by atoms with E-state index in [0.29, 0.717) is 36.4 Å². The van der Waals surface area contributed by atoms with Crippen LogP contribution in [0.2, 0.25) is 0 Å². The highest BCUT2D eigenvalue weighted by Gasteiger charge is 2.32. The number of aryl methyl sites for hydroxylation is 1. The number of rotatable bonds is 5. The SMILES string of the molecule is CCc1ccc(S(=O)(=O)N2CCC(C(=O)c3ccccc3)CC2)cc1. The van der Waals surface area contributed by atoms with Gasteiger partial charge in [-0.3, -0.25) is 4.79 Å². The topological polar surface area (TPSA) is 54.5 Å². The number of benzene rings is 2. The molecule has 0 aromatic heterocycles. The van der Waals surface area contributed by atoms with Crippen LogP contribution in [-0.2, 0) is 16.4 Å². The number of carbonyl (C=O) groups excluding carboxylic acids is 1. The Morgan fingerprint density at radius 1 is 1.00 bits per heavy atom. The molecule has 0 aliphatic carbocycles. The van der Waals surface area contributed by atoms with Crippen molar-refractivity contribution in [3.05, 3.63) is 65.7 Å². The summed E-state index contributed by atoms with van der Waals surface area (Å²) in [6.45, 7) is 2.82. The van der Waals surface area contributed by atoms with Crippen LogP contribution in [0.1, 0.15) is 35.7 Å². The second-order valence-electron chi connectivity index (χ2n) is 6.41. The van der Waals surface area contributed by atoms with Crippen molar-refractivity contribution in [2.45, 2.75) is 31.1 Å². The van der Waals surface area contributed by atoms with E-state index in [4.69, 9.17) is 0 Å². The minimum absolute atomic E-state index is 0.101. The maximum atomic E-state index is 12.8. The average molecular weight is 357 g/mol. The lowest BCUT2D eigenvalue weighted by molar-refractivity contribution is 0.0875. The van der Waals surface area contributed by atoms with Gasteiger partial charge in [0, 0.05) is 24.6 Å². The van der Waals surface area contributed by atoms with Crippen LogP contribution in [0.3, 0.4) is 0 Å². The van der Waals surface area contributed by atoms with E-state index in [9.17, 15) is 13.2 Å². The van der Waals surface area contributed by atoms with E-state index >= 15 is 0 Å². The first-order valence-corrected chi connectivity index (χ1v) is 10.1. The zero-order chi connectivity index (χ0) is 17.9. The average Bonchev–Trinajstić information content (AvgIpc) is 2.68. The minimum atomic E-state index is -3.48. The normalized spacial score (nSPS) is 16.7. The Bertz CT molecular complexity index is 821. The second kappa shape index (κ2) is 7.50. The molecule has 1 aliphatic rings. The van der Waals surface area contributed by atoms with Gasteiger partial charge in [-0.25, -0.2) is 8.42 Å². The van der Waals surface area contributed by atoms with Crippen LogP contribution < -0.4 is 0 Å². The van der Waals surface area contributed by atoms with E-state index in [0.717, 1.165) is 12.0 Å². The van der Waals surface area contributed by atoms with Crippen LogP contribution >= 0.6 is 0 Å². The molecule has 2 aromatic rings. The van der Waals surface area contributed by atoms with Gasteiger partial charge in [0.1, 0.15) is 0 Å². The molecule has 1 saturated heterocycles. The number of ketones is 1. The third kappa shape index (κ3) is 3.83. The third-order valence-corrected chi connectivity index (χ3v) is 6.77. The van der Waals surface area contributed by atoms with Gasteiger partial charge in [-0.1, -0.05) is 49.4 Å². The summed E-state index contributed by atoms with van der Waals surface area (Å²) in [6.07, 6.45) is 2.02. The second-order valence-corrected chi connectivity index (χ2v) is 8.34. The summed E-state index contributed by atoms with van der Waals surface area (Å²) in [5, 5.41) is 0. The number of hydrogen-bond donors (Lipinski definition) is 0. The Labute approximate surface area is 149 Å². The highest BCUT2D eigenvalue weighted by atomic mass is 32.2. The summed E-state index contributed by atoms with van der Waals surface area (Å²) in [7, 11) is -3.48. The Balaban J connectivity index is 1.67. The Kier molecular flexibility index (Phi) is 5.35. The van der Waals surface area contributed by atoms with Crippen molar-refractivity contribution in [2.75, 3.05) is 13.1 Å². The summed E-state index contributed by atoms with van der Waals surface area (Å²) in [6, 6.07) is 16.3. The fourth-order valence-electron chi connectivity index (χ4n) is 3.24. The van der Waals surface area contributed by atoms with Gasteiger partial charge < -0.3 is 0 Å². The van der Waals surface area contributed by atoms with Crippen molar-refractivity contribution < 1.29 is 13.2 Å². The van der Waals surface area contributed by atoms with Crippen molar-refractivity contribution >= 4 is 15.8 Å². The monoisotopic (exact) mass is 357 g/mol. The highest BCUT2D eigenvalue weighted by Crippen LogP contribution is 2.26. The van der Waals surface area contributed by atoms with E-state index in [2.05, 4.69) is 0 Å². The maximum Gasteiger partial charge on any atom is 0.243 e. The van der Waals surface area contributed by atoms with Crippen LogP contribution in [0.4, 0.5) is 0 Å². The first-order valence-electron chi connectivity index (χ1n) is 8.70. The molecule has 0 saturated carbocycles. The van der Waals surface area contributed by atoms with Gasteiger partial charge in [0.25, 0.3) is 0 Å². The fourth-order valence-corrected chi connectivity index (χ4v) is 4.71. The van der Waals surface area contributed by atoms with Crippen LogP contribution in [-0.4, -0.2) is 31.6 Å². The van der Waals surface area contributed by atoms with Gasteiger partial charge in [0.05, 0.1) is 4.90 Å². The van der Waals surface area contributed by atoms with Crippen molar-refractivity contribution in [3.63, 3.8) is 0 Å². The van der Waals surface area contributed by atoms with Crippen LogP contribution in [0.15, 0.2) is 59.5 Å². The Hall–Kier alpha value is -1.98. The van der Waals surface area contributed by atoms with Gasteiger partial charge in [0.15, 0.2) is 5.78 Å². The standard InChI is InChI=1S/C20H23NO3S/c1-2-16-8-10-19(11-9-16)25(23,24)21-14-12-18(13-15-21)20(22)17-6-4-3-5-7-17/h3-11,18H,2,12-15H2,1H3. The van der Waals surface area contributed by atoms with Gasteiger partial charge in [0.2, 0.25) is 10.0 Å². The van der Waals surface area contributed by atoms with E-state index in [1.54, 1.807) is 12.1 Å². The molecule has 0 bridgehead atoms. The molecule has 2 aromatic carbocycles. The van der Waals surface area contributed by atoms with E-state index in [1.165, 1.54) is 4.31 Å². The molecule has 0 atom stereocenters. The first kappa shape index (κ1) is 17.8. The third-order valence-electron chi connectivity index (χ3n) is 4.85. The molecule has 5 heteroatoms. The van der Waals surface area contributed by atoms with Gasteiger partial charge in [-0.2, -0.15) is 4.31 Å². The van der Waals surface area contributed by atoms with Crippen molar-refractivity contribution in [3.8, 4) is 0 Å². The number of nitrogens with zero attached hydrogens (tertiary/aromatic N) is 1. The molecule has 0 unspecified atom stereocenters. The van der Waals surface area contributed by atoms with Gasteiger partial charge in [-0.05, 0) is 37.0 Å². The zero-order valence-corrected chi connectivity index (χ0v) is 15.2. The van der Waals surface area contributed by atoms with Crippen LogP contribution in [0.5, 0.6) is 0 Å². The predicted molar refractivity (Wildman–Crippen MR) is 98.1 cm³/mol. The molecule has 1 fully saturated rings. The number of piperidine rings is 1. The molecule has 0 amide bonds. The van der Waals surface area contributed by atoms with E-state index in [-0.39, 0.29) is 11.7 Å². The summed E-state index contributed by atoms with van der Waals surface area (Å²) < 4.78 is 27.1. The van der Waals surface area contributed by atoms with Gasteiger partial charge in [-0.15, -0.1) is 0 Å². The number of Topliss-reactive ketones (excluding diaryl/α,β-unsaturated/α-hetero) is 1. The summed E-state index contributed by atoms with van der Waals surface area (Å²) in [4.78, 5) is 12.9. The lowest BCUT2D eigenvalue weighted by atomic mass is 9.90. The molecule has 4 nitrogen and oxygen atoms in total. The molecular formula is C20H23NO3S. The van der Waals surface area contributed by atoms with Crippen LogP contribution in [0.25, 0.3) is 0 Å². The summed E-state index contributed by atoms with van der Waals surface area (Å²) in [5.41, 5.74) is 1.82. The largest absolute Gasteiger partial charge is 0.294 e. The highest BCUT2D eigenvalue weighted by molar-refractivity contribution is 7.89. The molecule has 0 radical (unpaired) electrons. The predicted octanol–water partition coefficient (Wildman–Crippen LogP) is 3.53. The van der Waals surface area contributed by atoms with Gasteiger partial charge >= 0.3 is 0 Å². The number of carbonyl (C=O) groups is 1. The first-order chi connectivity index (χ1) is 12.0. The number of hydrogen-bond acceptors (Lipinski definition) is 3. The van der Waals surface area contributed by atoms with Crippen molar-refractivity contribution in [1.29, 1.82) is 0 Å². The quantitative estimate of drug-likeness (QED) is 0.769. The fraction of sp³-hybridized carbons (Fsp3) is 0.350. The minimum Gasteiger partial charge on any atom is -0.294 e. The summed E-state index contributed by atoms with van der Waals surface area (Å²) >= 11 is 0. The van der Waals surface area contributed by atoms with Crippen LogP contribution in [0, 0.1) is 5.92 Å². The number of sulfonamides is 1. The molecule has 1 heterocycles. The molecule has 25 heavy (non-hydrogen) atoms.